The zero-order valence-corrected chi connectivity index (χ0v) is 16.6. The van der Waals surface area contributed by atoms with Gasteiger partial charge in [0.05, 0.1) is 16.9 Å². The summed E-state index contributed by atoms with van der Waals surface area (Å²) in [4.78, 5) is 4.65. The average Bonchev–Trinajstić information content (AvgIpc) is 2.85. The minimum Gasteiger partial charge on any atom is -0.351 e. The molecule has 0 radical (unpaired) electrons. The van der Waals surface area contributed by atoms with Gasteiger partial charge in [-0.05, 0) is 87.9 Å². The normalized spacial score (nSPS) is 16.2. The fraction of sp³-hybridized carbons (Fsp3) is 0.409. The highest BCUT2D eigenvalue weighted by Gasteiger charge is 2.36. The third kappa shape index (κ3) is 2.24. The van der Waals surface area contributed by atoms with E-state index in [0.717, 1.165) is 11.3 Å². The van der Waals surface area contributed by atoms with Gasteiger partial charge in [-0.1, -0.05) is 6.07 Å². The van der Waals surface area contributed by atoms with E-state index < -0.39 is 0 Å². The van der Waals surface area contributed by atoms with Crippen molar-refractivity contribution in [1.29, 1.82) is 5.26 Å². The van der Waals surface area contributed by atoms with Crippen molar-refractivity contribution in [3.8, 4) is 6.07 Å². The van der Waals surface area contributed by atoms with Crippen molar-refractivity contribution >= 4 is 17.1 Å². The molecule has 130 valence electrons. The fourth-order valence-electron chi connectivity index (χ4n) is 4.12. The highest BCUT2D eigenvalue weighted by Crippen LogP contribution is 2.49. The van der Waals surface area contributed by atoms with Gasteiger partial charge >= 0.3 is 0 Å². The Morgan fingerprint density at radius 1 is 0.800 bits per heavy atom. The smallest absolute Gasteiger partial charge is 0.103 e. The van der Waals surface area contributed by atoms with Gasteiger partial charge in [0, 0.05) is 12.7 Å². The van der Waals surface area contributed by atoms with Crippen LogP contribution in [0.2, 0.25) is 0 Å². The molecule has 2 aromatic carbocycles. The van der Waals surface area contributed by atoms with Crippen LogP contribution in [-0.2, 0) is 0 Å². The maximum atomic E-state index is 9.59. The van der Waals surface area contributed by atoms with Gasteiger partial charge in [0.2, 0.25) is 0 Å². The predicted octanol–water partition coefficient (Wildman–Crippen LogP) is 5.34. The van der Waals surface area contributed by atoms with Crippen LogP contribution < -0.4 is 9.80 Å². The van der Waals surface area contributed by atoms with Crippen LogP contribution in [0.4, 0.5) is 17.1 Å². The predicted molar refractivity (Wildman–Crippen MR) is 106 cm³/mol. The molecule has 0 aromatic heterocycles. The van der Waals surface area contributed by atoms with Crippen LogP contribution in [0.1, 0.15) is 45.9 Å². The average molecular weight is 333 g/mol. The first kappa shape index (κ1) is 17.4. The summed E-state index contributed by atoms with van der Waals surface area (Å²) in [5, 5.41) is 9.59. The van der Waals surface area contributed by atoms with Crippen LogP contribution in [0, 0.1) is 52.9 Å². The molecule has 1 atom stereocenters. The van der Waals surface area contributed by atoms with Gasteiger partial charge in [-0.2, -0.15) is 5.26 Å². The molecular weight excluding hydrogens is 306 g/mol. The third-order valence-electron chi connectivity index (χ3n) is 6.20. The van der Waals surface area contributed by atoms with E-state index in [4.69, 9.17) is 0 Å². The van der Waals surface area contributed by atoms with Crippen molar-refractivity contribution in [2.24, 2.45) is 0 Å². The Morgan fingerprint density at radius 3 is 1.84 bits per heavy atom. The number of hydrogen-bond donors (Lipinski definition) is 0. The van der Waals surface area contributed by atoms with E-state index in [9.17, 15) is 5.26 Å². The molecule has 25 heavy (non-hydrogen) atoms. The minimum atomic E-state index is 0.169. The number of hydrogen-bond acceptors (Lipinski definition) is 3. The van der Waals surface area contributed by atoms with Crippen molar-refractivity contribution in [2.75, 3.05) is 16.8 Å². The molecule has 1 heterocycles. The monoisotopic (exact) mass is 333 g/mol. The maximum absolute atomic E-state index is 9.59. The third-order valence-corrected chi connectivity index (χ3v) is 6.20. The number of rotatable bonds is 1. The summed E-state index contributed by atoms with van der Waals surface area (Å²) < 4.78 is 0. The lowest BCUT2D eigenvalue weighted by Gasteiger charge is -2.33. The van der Waals surface area contributed by atoms with Crippen LogP contribution >= 0.6 is 0 Å². The summed E-state index contributed by atoms with van der Waals surface area (Å²) in [6, 6.07) is 6.37. The molecule has 3 heteroatoms. The Labute approximate surface area is 151 Å². The molecule has 0 amide bonds. The standard InChI is InChI=1S/C22H27N3/c1-12-9-10-19(11-23)22-20(12)25(18(7)24(22)8)21-16(5)14(3)13(2)15(4)17(21)6/h9-10,18H,1-8H3/t18-/m0/s1. The van der Waals surface area contributed by atoms with Crippen molar-refractivity contribution in [3.63, 3.8) is 0 Å². The topological polar surface area (TPSA) is 30.3 Å². The van der Waals surface area contributed by atoms with Crippen molar-refractivity contribution < 1.29 is 0 Å². The first-order valence-corrected chi connectivity index (χ1v) is 8.85. The van der Waals surface area contributed by atoms with Crippen LogP contribution in [-0.4, -0.2) is 13.2 Å². The first-order chi connectivity index (χ1) is 11.7. The van der Waals surface area contributed by atoms with Gasteiger partial charge < -0.3 is 9.80 Å². The zero-order valence-electron chi connectivity index (χ0n) is 16.6. The number of nitrogens with zero attached hydrogens (tertiary/aromatic N) is 3. The second-order valence-electron chi connectivity index (χ2n) is 7.33. The van der Waals surface area contributed by atoms with E-state index >= 15 is 0 Å². The minimum absolute atomic E-state index is 0.169. The van der Waals surface area contributed by atoms with Crippen molar-refractivity contribution in [1.82, 2.24) is 0 Å². The summed E-state index contributed by atoms with van der Waals surface area (Å²) in [5.74, 6) is 0. The Kier molecular flexibility index (Phi) is 4.03. The molecule has 3 nitrogen and oxygen atoms in total. The van der Waals surface area contributed by atoms with Crippen LogP contribution in [0.25, 0.3) is 0 Å². The Morgan fingerprint density at radius 2 is 1.32 bits per heavy atom. The van der Waals surface area contributed by atoms with Crippen LogP contribution in [0.5, 0.6) is 0 Å². The Bertz CT molecular complexity index is 889. The molecule has 0 N–H and O–H groups in total. The van der Waals surface area contributed by atoms with E-state index in [0.29, 0.717) is 0 Å². The zero-order chi connectivity index (χ0) is 18.6. The molecule has 0 bridgehead atoms. The lowest BCUT2D eigenvalue weighted by atomic mass is 9.92. The molecule has 0 unspecified atom stereocenters. The van der Waals surface area contributed by atoms with E-state index in [1.807, 2.05) is 6.07 Å². The van der Waals surface area contributed by atoms with Gasteiger partial charge in [-0.25, -0.2) is 0 Å². The first-order valence-electron chi connectivity index (χ1n) is 8.85. The number of anilines is 3. The number of benzene rings is 2. The second kappa shape index (κ2) is 5.81. The van der Waals surface area contributed by atoms with E-state index in [-0.39, 0.29) is 6.17 Å². The summed E-state index contributed by atoms with van der Waals surface area (Å²) >= 11 is 0. The van der Waals surface area contributed by atoms with Crippen LogP contribution in [0.3, 0.4) is 0 Å². The largest absolute Gasteiger partial charge is 0.351 e. The highest BCUT2D eigenvalue weighted by atomic mass is 15.4. The molecule has 2 aromatic rings. The maximum Gasteiger partial charge on any atom is 0.103 e. The summed E-state index contributed by atoms with van der Waals surface area (Å²) in [5.41, 5.74) is 12.2. The molecule has 0 fully saturated rings. The summed E-state index contributed by atoms with van der Waals surface area (Å²) in [7, 11) is 2.09. The van der Waals surface area contributed by atoms with E-state index in [2.05, 4.69) is 77.4 Å². The summed E-state index contributed by atoms with van der Waals surface area (Å²) in [6.45, 7) is 15.4. The number of fused-ring (bicyclic) bond motifs is 1. The van der Waals surface area contributed by atoms with Gasteiger partial charge in [0.1, 0.15) is 12.2 Å². The van der Waals surface area contributed by atoms with Gasteiger partial charge in [0.15, 0.2) is 0 Å². The Balaban J connectivity index is 2.39. The number of nitriles is 1. The van der Waals surface area contributed by atoms with E-state index in [1.165, 1.54) is 44.8 Å². The molecular formula is C22H27N3. The second-order valence-corrected chi connectivity index (χ2v) is 7.33. The van der Waals surface area contributed by atoms with Gasteiger partial charge in [-0.15, -0.1) is 0 Å². The molecule has 0 aliphatic carbocycles. The molecule has 3 rings (SSSR count). The molecule has 1 aliphatic heterocycles. The quantitative estimate of drug-likeness (QED) is 0.705. The van der Waals surface area contributed by atoms with E-state index in [1.54, 1.807) is 0 Å². The molecule has 1 aliphatic rings. The van der Waals surface area contributed by atoms with Crippen LogP contribution in [0.15, 0.2) is 12.1 Å². The fourth-order valence-corrected chi connectivity index (χ4v) is 4.12. The lowest BCUT2D eigenvalue weighted by molar-refractivity contribution is 0.729. The molecule has 0 spiro atoms. The highest BCUT2D eigenvalue weighted by molar-refractivity contribution is 5.91. The molecule has 0 saturated heterocycles. The van der Waals surface area contributed by atoms with Gasteiger partial charge in [0.25, 0.3) is 0 Å². The van der Waals surface area contributed by atoms with Crippen molar-refractivity contribution in [2.45, 2.75) is 54.6 Å². The SMILES string of the molecule is Cc1ccc(C#N)c2c1N(c1c(C)c(C)c(C)c(C)c1C)[C@@H](C)N2C. The Hall–Kier alpha value is -2.47. The lowest BCUT2D eigenvalue weighted by Crippen LogP contribution is -2.36. The molecule has 0 saturated carbocycles. The summed E-state index contributed by atoms with van der Waals surface area (Å²) in [6.07, 6.45) is 0.169. The van der Waals surface area contributed by atoms with Crippen molar-refractivity contribution in [3.05, 3.63) is 51.1 Å². The number of aryl methyl sites for hydroxylation is 1. The van der Waals surface area contributed by atoms with Gasteiger partial charge in [-0.3, -0.25) is 0 Å².